The maximum atomic E-state index is 11.1. The first kappa shape index (κ1) is 36.2. The Morgan fingerprint density at radius 3 is 1.63 bits per heavy atom. The zero-order valence-electron chi connectivity index (χ0n) is 92.4. The molecule has 0 saturated carbocycles. The Kier molecular flexibility index (Phi) is 9.05. The van der Waals surface area contributed by atoms with E-state index < -0.39 is 260 Å². The lowest BCUT2D eigenvalue weighted by Gasteiger charge is -2.34. The molecule has 0 fully saturated rings. The zero-order chi connectivity index (χ0) is 103. The number of aromatic nitrogens is 4. The topological polar surface area (TPSA) is 35.9 Å². The summed E-state index contributed by atoms with van der Waals surface area (Å²) in [5.74, 6) is 0.574. The van der Waals surface area contributed by atoms with E-state index in [9.17, 15) is 38.4 Å². The van der Waals surface area contributed by atoms with Crippen molar-refractivity contribution in [1.82, 2.24) is 14.1 Å². The van der Waals surface area contributed by atoms with Crippen LogP contribution in [0.15, 0.2) is 370 Å². The largest absolute Gasteiger partial charge is 0.458 e. The van der Waals surface area contributed by atoms with Crippen LogP contribution in [0.25, 0.3) is 83.4 Å². The molecular weight excluding hydrogens is 1310 g/mol. The van der Waals surface area contributed by atoms with Gasteiger partial charge in [-0.15, -0.1) is 0 Å². The molecule has 0 spiro atoms. The summed E-state index contributed by atoms with van der Waals surface area (Å²) in [6.45, 7) is -18.7. The number of imidazole rings is 1. The minimum Gasteiger partial charge on any atom is -0.458 e. The van der Waals surface area contributed by atoms with Gasteiger partial charge in [0.05, 0.1) is 63.6 Å². The van der Waals surface area contributed by atoms with E-state index >= 15 is 0 Å². The second-order valence-electron chi connectivity index (χ2n) is 25.6. The predicted octanol–water partition coefficient (Wildman–Crippen LogP) is 18.0. The first-order valence-electron chi connectivity index (χ1n) is 52.0. The van der Waals surface area contributed by atoms with E-state index in [1.165, 1.54) is 21.3 Å². The van der Waals surface area contributed by atoms with Crippen molar-refractivity contribution in [3.8, 4) is 62.1 Å². The van der Waals surface area contributed by atoms with Gasteiger partial charge in [0.2, 0.25) is 0 Å². The van der Waals surface area contributed by atoms with Crippen LogP contribution in [0.4, 0.5) is 0 Å². The fourth-order valence-electron chi connectivity index (χ4n) is 15.0. The van der Waals surface area contributed by atoms with Gasteiger partial charge in [0, 0.05) is 49.2 Å². The Morgan fingerprint density at radius 2 is 0.971 bits per heavy atom. The Labute approximate surface area is 668 Å². The number of fused-ring (bicyclic) bond motifs is 5. The standard InChI is InChI=1S/C98H78N4OSi2/c1-69-60-95(99-66-88(69)71-33-29-49-83(62-71)105(79-42-18-9-19-43-79,80-44-20-10-21-45-80)81-46-22-11-23-47-81)102-91-53-25-24-50-86(91)87-58-57-75(65-94(87)102)103-74-35-30-34-73(64-74)100-68-101(93-55-27-26-54-92(93)100)96-84(51-31-52-85(96)72-56-59-89-90(63-72)98(4,5)67-97(89,2)3)70-32-28-48-82(61-70)104(76-36-12-6-13-37-76,77-38-14-7-15-39-77)78-40-16-8-17-41-78/h6-66H,67H2,1-5H3/i1D3,2D3,3D3,4D3,5D3,6D,7D,8D,12D,13D,14D,15D,16D,17D,28D,32D,36D,37D,38D,39D,40D,41D,48D,56D,59D,61D,63D. The number of para-hydroxylation sites is 4. The molecule has 0 amide bonds. The van der Waals surface area contributed by atoms with E-state index in [2.05, 4.69) is 54.9 Å². The normalized spacial score (nSPS) is 19.0. The summed E-state index contributed by atoms with van der Waals surface area (Å²) in [6.07, 6.45) is 3.02. The van der Waals surface area contributed by atoms with Crippen LogP contribution in [0, 0.1) is 13.2 Å². The van der Waals surface area contributed by atoms with Gasteiger partial charge in [-0.1, -0.05) is 342 Å². The lowest BCUT2D eigenvalue weighted by molar-refractivity contribution is -0.571. The summed E-state index contributed by atoms with van der Waals surface area (Å²) >= 11 is 0. The highest BCUT2D eigenvalue weighted by atomic mass is 28.3. The molecule has 5 nitrogen and oxygen atoms in total. The van der Waals surface area contributed by atoms with Crippen LogP contribution >= 0.6 is 0 Å². The molecule has 0 saturated heterocycles. The molecule has 0 unspecified atom stereocenters. The third-order valence-corrected chi connectivity index (χ3v) is 28.3. The van der Waals surface area contributed by atoms with Crippen LogP contribution in [-0.2, 0) is 10.8 Å². The third-order valence-electron chi connectivity index (χ3n) is 19.5. The van der Waals surface area contributed by atoms with Crippen LogP contribution in [-0.4, -0.2) is 30.3 Å². The molecule has 1 aliphatic carbocycles. The third kappa shape index (κ3) is 11.0. The fraction of sp³-hybridized carbons (Fsp3) is 0.0816. The summed E-state index contributed by atoms with van der Waals surface area (Å²) in [5, 5.41) is 0.911. The van der Waals surface area contributed by atoms with Gasteiger partial charge in [-0.25, -0.2) is 4.98 Å². The maximum absolute atomic E-state index is 11.1. The molecule has 0 bridgehead atoms. The van der Waals surface area contributed by atoms with Crippen molar-refractivity contribution in [3.05, 3.63) is 393 Å². The monoisotopic (exact) mass is 1420 g/mol. The maximum Gasteiger partial charge on any atom is 0.269 e. The van der Waals surface area contributed by atoms with Gasteiger partial charge in [-0.3, -0.25) is 13.7 Å². The number of benzene rings is 14. The fourth-order valence-corrected chi connectivity index (χ4v) is 23.3. The quantitative estimate of drug-likeness (QED) is 0.0418. The van der Waals surface area contributed by atoms with Crippen molar-refractivity contribution in [3.63, 3.8) is 0 Å². The van der Waals surface area contributed by atoms with Crippen molar-refractivity contribution in [2.24, 2.45) is 0 Å². The molecule has 0 atom stereocenters. The second kappa shape index (κ2) is 26.2. The SMILES string of the molecule is [2H]c1c([2H])c([2H])c([Si](c2c([2H])c([2H])c([2H])c([2H])c2[2H])(c2c([2H])c([2H])c([2H])c([2H])c2[2H])c2c([2H])c([2H])c([2H])c(-c3cccc(-c4c([2H])c([2H])c5c(c4[2H])C(C([2H])([2H])[2H])(C([2H])([2H])[2H])CC5(C([2H])([2H])[2H])C([2H])([2H])[2H])c3-[n+]3[c-]n(-c4cccc(Oc5ccc6c7ccccc7n(-c7cc(C([2H])([2H])[2H])c(-c8cccc([Si](c9ccccc9)(c9ccccc9)c9ccccc9)c8)cn7)c6c5)c4)c4ccccc43)c2[2H])c([2H])c1[2H]. The van der Waals surface area contributed by atoms with Gasteiger partial charge in [0.15, 0.2) is 16.1 Å². The average molecular weight is 1420 g/mol. The summed E-state index contributed by atoms with van der Waals surface area (Å²) in [4.78, 5) is 5.11. The van der Waals surface area contributed by atoms with E-state index in [1.54, 1.807) is 60.8 Å². The molecule has 3 heterocycles. The van der Waals surface area contributed by atoms with E-state index in [1.807, 2.05) is 102 Å². The molecule has 3 aromatic heterocycles. The van der Waals surface area contributed by atoms with Gasteiger partial charge < -0.3 is 4.74 Å². The van der Waals surface area contributed by atoms with Crippen molar-refractivity contribution in [2.45, 2.75) is 51.5 Å². The number of nitrogens with zero attached hydrogens (tertiary/aromatic N) is 4. The average Bonchev–Trinajstić information content (AvgIpc) is 1.45. The van der Waals surface area contributed by atoms with Gasteiger partial charge in [-0.2, -0.15) is 0 Å². The van der Waals surface area contributed by atoms with E-state index in [0.717, 1.165) is 44.3 Å². The predicted molar refractivity (Wildman–Crippen MR) is 441 cm³/mol. The lowest BCUT2D eigenvalue weighted by atomic mass is 9.82. The van der Waals surface area contributed by atoms with Crippen LogP contribution in [0.3, 0.4) is 0 Å². The molecule has 0 aliphatic heterocycles. The molecule has 0 N–H and O–H groups in total. The molecule has 17 aromatic rings. The molecule has 18 rings (SSSR count). The van der Waals surface area contributed by atoms with Gasteiger partial charge in [0.25, 0.3) is 6.33 Å². The Morgan fingerprint density at radius 1 is 0.419 bits per heavy atom. The Hall–Kier alpha value is -12.3. The number of pyridine rings is 1. The van der Waals surface area contributed by atoms with Gasteiger partial charge in [-0.05, 0) is 153 Å². The molecule has 1 aliphatic rings. The molecule has 105 heavy (non-hydrogen) atoms. The lowest BCUT2D eigenvalue weighted by Crippen LogP contribution is -2.74. The van der Waals surface area contributed by atoms with Crippen LogP contribution in [0.5, 0.6) is 11.5 Å². The number of aryl methyl sites for hydroxylation is 1. The van der Waals surface area contributed by atoms with Crippen LogP contribution < -0.4 is 50.8 Å². The van der Waals surface area contributed by atoms with Crippen LogP contribution in [0.2, 0.25) is 0 Å². The zero-order valence-corrected chi connectivity index (χ0v) is 57.4. The minimum absolute atomic E-state index is 0.00361. The summed E-state index contributed by atoms with van der Waals surface area (Å²) in [7, 11) is -9.80. The highest BCUT2D eigenvalue weighted by Crippen LogP contribution is 2.51. The van der Waals surface area contributed by atoms with Crippen LogP contribution in [0.1, 0.15) is 101 Å². The molecular formula is C98H78N4OSi2. The number of rotatable bonds is 16. The highest BCUT2D eigenvalue weighted by Gasteiger charge is 2.45. The van der Waals surface area contributed by atoms with Crippen molar-refractivity contribution in [1.29, 1.82) is 0 Å². The van der Waals surface area contributed by atoms with E-state index in [4.69, 9.17) is 22.1 Å². The Bertz CT molecular complexity index is 7760. The molecule has 7 heteroatoms. The molecule has 504 valence electrons. The van der Waals surface area contributed by atoms with E-state index in [-0.39, 0.29) is 39.6 Å². The van der Waals surface area contributed by atoms with Gasteiger partial charge in [0.1, 0.15) is 17.3 Å². The van der Waals surface area contributed by atoms with E-state index in [0.29, 0.717) is 27.5 Å². The first-order valence-corrected chi connectivity index (χ1v) is 37.5. The second-order valence-corrected chi connectivity index (χ2v) is 32.9. The van der Waals surface area contributed by atoms with Gasteiger partial charge >= 0.3 is 0 Å². The number of hydrogen-bond acceptors (Lipinski definition) is 2. The highest BCUT2D eigenvalue weighted by molar-refractivity contribution is 7.20. The number of ether oxygens (including phenoxy) is 1. The van der Waals surface area contributed by atoms with Crippen molar-refractivity contribution in [2.75, 3.05) is 0 Å². The summed E-state index contributed by atoms with van der Waals surface area (Å²) in [5.41, 5.74) is -11.4. The van der Waals surface area contributed by atoms with Crippen molar-refractivity contribution >= 4 is 90.5 Å². The summed E-state index contributed by atoms with van der Waals surface area (Å²) in [6, 6.07) is 40.7. The molecule has 0 radical (unpaired) electrons. The van der Waals surface area contributed by atoms with Crippen molar-refractivity contribution < 1.29 is 60.0 Å². The summed E-state index contributed by atoms with van der Waals surface area (Å²) < 4.78 is 363. The minimum atomic E-state index is -6.66. The Balaban J connectivity index is 0.876. The molecule has 14 aromatic carbocycles. The first-order chi connectivity index (χ1) is 66.8. The smallest absolute Gasteiger partial charge is 0.269 e. The number of hydrogen-bond donors (Lipinski definition) is 0.